The van der Waals surface area contributed by atoms with E-state index in [0.717, 1.165) is 17.9 Å². The molecule has 2 aromatic rings. The number of nitrogens with zero attached hydrogens (tertiary/aromatic N) is 1. The molecule has 1 N–H and O–H groups in total. The SMILES string of the molecule is COc1ccccc1NC(=O)c1ccc(OC2CCSC2)nc1. The molecule has 1 fully saturated rings. The predicted molar refractivity (Wildman–Crippen MR) is 91.5 cm³/mol. The van der Waals surface area contributed by atoms with Crippen LogP contribution in [0.3, 0.4) is 0 Å². The number of hydrogen-bond donors (Lipinski definition) is 1. The zero-order valence-electron chi connectivity index (χ0n) is 12.8. The largest absolute Gasteiger partial charge is 0.495 e. The summed E-state index contributed by atoms with van der Waals surface area (Å²) in [5.74, 6) is 3.07. The lowest BCUT2D eigenvalue weighted by Gasteiger charge is -2.12. The minimum absolute atomic E-state index is 0.223. The smallest absolute Gasteiger partial charge is 0.257 e. The van der Waals surface area contributed by atoms with Crippen LogP contribution in [0, 0.1) is 0 Å². The lowest BCUT2D eigenvalue weighted by Crippen LogP contribution is -2.16. The Hall–Kier alpha value is -2.21. The normalized spacial score (nSPS) is 16.8. The lowest BCUT2D eigenvalue weighted by atomic mass is 10.2. The van der Waals surface area contributed by atoms with Crippen LogP contribution < -0.4 is 14.8 Å². The second-order valence-corrected chi connectivity index (χ2v) is 6.29. The Labute approximate surface area is 139 Å². The van der Waals surface area contributed by atoms with Gasteiger partial charge in [0.15, 0.2) is 0 Å². The molecule has 1 saturated heterocycles. The number of aromatic nitrogens is 1. The molecule has 5 nitrogen and oxygen atoms in total. The van der Waals surface area contributed by atoms with Crippen LogP contribution in [0.1, 0.15) is 16.8 Å². The van der Waals surface area contributed by atoms with Crippen LogP contribution in [-0.4, -0.2) is 35.6 Å². The fourth-order valence-corrected chi connectivity index (χ4v) is 3.40. The van der Waals surface area contributed by atoms with Gasteiger partial charge in [0.1, 0.15) is 11.9 Å². The Kier molecular flexibility index (Phi) is 5.02. The van der Waals surface area contributed by atoms with Crippen LogP contribution in [0.15, 0.2) is 42.6 Å². The predicted octanol–water partition coefficient (Wildman–Crippen LogP) is 3.23. The van der Waals surface area contributed by atoms with Gasteiger partial charge in [0, 0.05) is 18.0 Å². The molecule has 3 rings (SSSR count). The third kappa shape index (κ3) is 3.96. The molecule has 1 atom stereocenters. The van der Waals surface area contributed by atoms with Gasteiger partial charge in [-0.2, -0.15) is 11.8 Å². The maximum Gasteiger partial charge on any atom is 0.257 e. The van der Waals surface area contributed by atoms with E-state index in [2.05, 4.69) is 10.3 Å². The van der Waals surface area contributed by atoms with Gasteiger partial charge in [-0.25, -0.2) is 4.98 Å². The van der Waals surface area contributed by atoms with Gasteiger partial charge in [0.25, 0.3) is 5.91 Å². The highest BCUT2D eigenvalue weighted by molar-refractivity contribution is 7.99. The highest BCUT2D eigenvalue weighted by Gasteiger charge is 2.17. The number of methoxy groups -OCH3 is 1. The van der Waals surface area contributed by atoms with Gasteiger partial charge in [0.05, 0.1) is 18.4 Å². The summed E-state index contributed by atoms with van der Waals surface area (Å²) in [6, 6.07) is 10.7. The number of pyridine rings is 1. The number of hydrogen-bond acceptors (Lipinski definition) is 5. The fourth-order valence-electron chi connectivity index (χ4n) is 2.30. The van der Waals surface area contributed by atoms with Gasteiger partial charge in [-0.1, -0.05) is 12.1 Å². The number of amides is 1. The number of para-hydroxylation sites is 2. The molecule has 1 aromatic carbocycles. The molecule has 1 unspecified atom stereocenters. The maximum absolute atomic E-state index is 12.3. The van der Waals surface area contributed by atoms with E-state index >= 15 is 0 Å². The highest BCUT2D eigenvalue weighted by atomic mass is 32.2. The third-order valence-corrected chi connectivity index (χ3v) is 4.66. The summed E-state index contributed by atoms with van der Waals surface area (Å²) in [7, 11) is 1.57. The van der Waals surface area contributed by atoms with Crippen molar-refractivity contribution in [1.82, 2.24) is 4.98 Å². The van der Waals surface area contributed by atoms with E-state index < -0.39 is 0 Å². The lowest BCUT2D eigenvalue weighted by molar-refractivity contribution is 0.102. The van der Waals surface area contributed by atoms with Crippen molar-refractivity contribution < 1.29 is 14.3 Å². The van der Waals surface area contributed by atoms with Gasteiger partial charge in [-0.15, -0.1) is 0 Å². The van der Waals surface area contributed by atoms with E-state index in [-0.39, 0.29) is 12.0 Å². The summed E-state index contributed by atoms with van der Waals surface area (Å²) in [5.41, 5.74) is 1.10. The van der Waals surface area contributed by atoms with Crippen LogP contribution in [0.2, 0.25) is 0 Å². The maximum atomic E-state index is 12.3. The van der Waals surface area contributed by atoms with Crippen molar-refractivity contribution in [1.29, 1.82) is 0 Å². The van der Waals surface area contributed by atoms with Crippen LogP contribution in [-0.2, 0) is 0 Å². The quantitative estimate of drug-likeness (QED) is 0.912. The average molecular weight is 330 g/mol. The van der Waals surface area contributed by atoms with Gasteiger partial charge >= 0.3 is 0 Å². The molecule has 1 aliphatic heterocycles. The van der Waals surface area contributed by atoms with Crippen molar-refractivity contribution in [2.24, 2.45) is 0 Å². The van der Waals surface area contributed by atoms with E-state index in [1.165, 1.54) is 6.20 Å². The fraction of sp³-hybridized carbons (Fsp3) is 0.294. The molecule has 120 valence electrons. The molecule has 23 heavy (non-hydrogen) atoms. The first kappa shape index (κ1) is 15.7. The van der Waals surface area contributed by atoms with Crippen molar-refractivity contribution in [3.8, 4) is 11.6 Å². The second-order valence-electron chi connectivity index (χ2n) is 5.14. The van der Waals surface area contributed by atoms with E-state index in [4.69, 9.17) is 9.47 Å². The highest BCUT2D eigenvalue weighted by Crippen LogP contribution is 2.24. The van der Waals surface area contributed by atoms with Crippen molar-refractivity contribution in [3.05, 3.63) is 48.2 Å². The minimum atomic E-state index is -0.232. The molecule has 1 amide bonds. The molecule has 0 bridgehead atoms. The van der Waals surface area contributed by atoms with E-state index in [9.17, 15) is 4.79 Å². The molecule has 1 aliphatic rings. The van der Waals surface area contributed by atoms with Crippen LogP contribution in [0.5, 0.6) is 11.6 Å². The summed E-state index contributed by atoms with van der Waals surface area (Å²) in [4.78, 5) is 16.5. The van der Waals surface area contributed by atoms with Crippen molar-refractivity contribution >= 4 is 23.4 Å². The molecule has 0 spiro atoms. The Bertz CT molecular complexity index is 670. The summed E-state index contributed by atoms with van der Waals surface area (Å²) < 4.78 is 11.0. The zero-order chi connectivity index (χ0) is 16.1. The number of benzene rings is 1. The molecular weight excluding hydrogens is 312 g/mol. The number of carbonyl (C=O) groups excluding carboxylic acids is 1. The molecule has 1 aromatic heterocycles. The standard InChI is InChI=1S/C17H18N2O3S/c1-21-15-5-3-2-4-14(15)19-17(20)12-6-7-16(18-10-12)22-13-8-9-23-11-13/h2-7,10,13H,8-9,11H2,1H3,(H,19,20). The average Bonchev–Trinajstić information content (AvgIpc) is 3.09. The van der Waals surface area contributed by atoms with Gasteiger partial charge in [0.2, 0.25) is 5.88 Å². The van der Waals surface area contributed by atoms with Gasteiger partial charge in [-0.05, 0) is 30.4 Å². The number of nitrogens with one attached hydrogen (secondary N) is 1. The van der Waals surface area contributed by atoms with Gasteiger partial charge < -0.3 is 14.8 Å². The third-order valence-electron chi connectivity index (χ3n) is 3.53. The molecular formula is C17H18N2O3S. The van der Waals surface area contributed by atoms with Crippen LogP contribution in [0.25, 0.3) is 0 Å². The summed E-state index contributed by atoms with van der Waals surface area (Å²) in [6.07, 6.45) is 2.80. The monoisotopic (exact) mass is 330 g/mol. The molecule has 6 heteroatoms. The van der Waals surface area contributed by atoms with E-state index in [0.29, 0.717) is 22.9 Å². The Balaban J connectivity index is 1.65. The number of ether oxygens (including phenoxy) is 2. The first-order valence-corrected chi connectivity index (χ1v) is 8.56. The minimum Gasteiger partial charge on any atom is -0.495 e. The number of rotatable bonds is 5. The summed E-state index contributed by atoms with van der Waals surface area (Å²) in [5, 5.41) is 2.82. The molecule has 0 aliphatic carbocycles. The number of thioether (sulfide) groups is 1. The summed E-state index contributed by atoms with van der Waals surface area (Å²) in [6.45, 7) is 0. The first-order chi connectivity index (χ1) is 11.3. The Morgan fingerprint density at radius 1 is 1.30 bits per heavy atom. The van der Waals surface area contributed by atoms with Crippen molar-refractivity contribution in [3.63, 3.8) is 0 Å². The molecule has 0 saturated carbocycles. The van der Waals surface area contributed by atoms with Gasteiger partial charge in [-0.3, -0.25) is 4.79 Å². The van der Waals surface area contributed by atoms with E-state index in [1.54, 1.807) is 31.4 Å². The molecule has 0 radical (unpaired) electrons. The molecule has 2 heterocycles. The van der Waals surface area contributed by atoms with Crippen LogP contribution in [0.4, 0.5) is 5.69 Å². The number of anilines is 1. The first-order valence-electron chi connectivity index (χ1n) is 7.41. The summed E-state index contributed by atoms with van der Waals surface area (Å²) >= 11 is 1.89. The number of carbonyl (C=O) groups is 1. The van der Waals surface area contributed by atoms with Crippen molar-refractivity contribution in [2.75, 3.05) is 23.9 Å². The Morgan fingerprint density at radius 3 is 2.87 bits per heavy atom. The Morgan fingerprint density at radius 2 is 2.17 bits per heavy atom. The van der Waals surface area contributed by atoms with Crippen LogP contribution >= 0.6 is 11.8 Å². The second kappa shape index (κ2) is 7.37. The van der Waals surface area contributed by atoms with E-state index in [1.807, 2.05) is 23.9 Å². The van der Waals surface area contributed by atoms with Crippen molar-refractivity contribution in [2.45, 2.75) is 12.5 Å². The zero-order valence-corrected chi connectivity index (χ0v) is 13.6. The topological polar surface area (TPSA) is 60.5 Å².